The molecule has 186 valence electrons. The van der Waals surface area contributed by atoms with Gasteiger partial charge < -0.3 is 9.13 Å². The number of hydrogen-bond donors (Lipinski definition) is 0. The van der Waals surface area contributed by atoms with Crippen molar-refractivity contribution in [2.24, 2.45) is 0 Å². The van der Waals surface area contributed by atoms with Crippen molar-refractivity contribution in [3.63, 3.8) is 0 Å². The number of rotatable bonds is 5. The van der Waals surface area contributed by atoms with E-state index in [9.17, 15) is 4.57 Å². The molecule has 0 atom stereocenters. The van der Waals surface area contributed by atoms with Gasteiger partial charge in [0.15, 0.2) is 7.14 Å². The third-order valence-corrected chi connectivity index (χ3v) is 10.6. The molecule has 0 aliphatic rings. The first-order valence-corrected chi connectivity index (χ1v) is 14.8. The van der Waals surface area contributed by atoms with Gasteiger partial charge in [0.05, 0.1) is 11.0 Å². The Balaban J connectivity index is 1.27. The lowest BCUT2D eigenvalue weighted by atomic mass is 10.1. The number of fused-ring (bicyclic) bond motifs is 3. The Kier molecular flexibility index (Phi) is 5.77. The molecule has 1 aromatic heterocycles. The van der Waals surface area contributed by atoms with Crippen LogP contribution >= 0.6 is 7.14 Å². The largest absolute Gasteiger partial charge is 0.309 e. The highest BCUT2D eigenvalue weighted by atomic mass is 31.2. The highest BCUT2D eigenvalue weighted by Crippen LogP contribution is 2.42. The van der Waals surface area contributed by atoms with Crippen LogP contribution in [0.5, 0.6) is 0 Å². The molecule has 0 N–H and O–H groups in total. The zero-order valence-electron chi connectivity index (χ0n) is 21.3. The van der Waals surface area contributed by atoms with E-state index in [1.54, 1.807) is 0 Å². The summed E-state index contributed by atoms with van der Waals surface area (Å²) < 4.78 is 17.0. The molecule has 0 unspecified atom stereocenters. The second-order valence-electron chi connectivity index (χ2n) is 9.74. The molecular weight excluding hydrogens is 493 g/mol. The Morgan fingerprint density at radius 2 is 0.769 bits per heavy atom. The summed E-state index contributed by atoms with van der Waals surface area (Å²) in [5.74, 6) is 0. The van der Waals surface area contributed by atoms with Crippen molar-refractivity contribution in [1.29, 1.82) is 0 Å². The van der Waals surface area contributed by atoms with Crippen LogP contribution in [-0.2, 0) is 4.57 Å². The number of hydrogen-bond acceptors (Lipinski definition) is 1. The summed E-state index contributed by atoms with van der Waals surface area (Å²) in [4.78, 5) is 0. The smallest absolute Gasteiger partial charge is 0.171 e. The fourth-order valence-electron chi connectivity index (χ4n) is 5.59. The minimum atomic E-state index is -2.98. The predicted octanol–water partition coefficient (Wildman–Crippen LogP) is 8.09. The highest BCUT2D eigenvalue weighted by molar-refractivity contribution is 7.85. The van der Waals surface area contributed by atoms with Crippen LogP contribution in [0.15, 0.2) is 158 Å². The first kappa shape index (κ1) is 23.5. The van der Waals surface area contributed by atoms with Crippen LogP contribution in [-0.4, -0.2) is 4.57 Å². The second kappa shape index (κ2) is 9.58. The van der Waals surface area contributed by atoms with Gasteiger partial charge in [-0.05, 0) is 35.4 Å². The predicted molar refractivity (Wildman–Crippen MR) is 166 cm³/mol. The second-order valence-corrected chi connectivity index (χ2v) is 12.5. The minimum absolute atomic E-state index is 0.838. The molecule has 0 fully saturated rings. The van der Waals surface area contributed by atoms with E-state index in [1.807, 2.05) is 72.8 Å². The molecule has 0 spiro atoms. The van der Waals surface area contributed by atoms with Crippen LogP contribution in [0, 0.1) is 0 Å². The first-order valence-electron chi connectivity index (χ1n) is 13.1. The maximum Gasteiger partial charge on any atom is 0.171 e. The molecule has 1 heterocycles. The Morgan fingerprint density at radius 1 is 0.385 bits per heavy atom. The van der Waals surface area contributed by atoms with Crippen molar-refractivity contribution in [2.45, 2.75) is 0 Å². The maximum absolute atomic E-state index is 14.7. The molecule has 0 bridgehead atoms. The summed E-state index contributed by atoms with van der Waals surface area (Å²) in [6, 6.07) is 53.7. The summed E-state index contributed by atoms with van der Waals surface area (Å²) >= 11 is 0. The van der Waals surface area contributed by atoms with Crippen LogP contribution in [0.4, 0.5) is 0 Å². The standard InChI is InChI=1S/C36H26NOP/c38-39(30-11-3-1-4-12-30,31-13-5-2-6-14-31)32-25-21-28(22-26-32)27-19-23-29(24-20-27)37-35-17-9-7-15-33(35)34-16-8-10-18-36(34)37/h1-26H. The van der Waals surface area contributed by atoms with Gasteiger partial charge in [0, 0.05) is 32.4 Å². The van der Waals surface area contributed by atoms with Crippen molar-refractivity contribution in [3.8, 4) is 16.8 Å². The zero-order valence-corrected chi connectivity index (χ0v) is 22.2. The quantitative estimate of drug-likeness (QED) is 0.211. The van der Waals surface area contributed by atoms with Crippen molar-refractivity contribution in [1.82, 2.24) is 4.57 Å². The Morgan fingerprint density at radius 3 is 1.26 bits per heavy atom. The topological polar surface area (TPSA) is 22.0 Å². The van der Waals surface area contributed by atoms with Crippen molar-refractivity contribution < 1.29 is 4.57 Å². The molecule has 7 aromatic rings. The number of para-hydroxylation sites is 2. The van der Waals surface area contributed by atoms with E-state index >= 15 is 0 Å². The number of benzene rings is 6. The fraction of sp³-hybridized carbons (Fsp3) is 0. The summed E-state index contributed by atoms with van der Waals surface area (Å²) in [6.45, 7) is 0. The summed E-state index contributed by atoms with van der Waals surface area (Å²) in [7, 11) is -2.98. The van der Waals surface area contributed by atoms with Crippen molar-refractivity contribution in [2.75, 3.05) is 0 Å². The van der Waals surface area contributed by atoms with E-state index in [0.717, 1.165) is 32.7 Å². The summed E-state index contributed by atoms with van der Waals surface area (Å²) in [5, 5.41) is 5.05. The molecular formula is C36H26NOP. The average Bonchev–Trinajstić information content (AvgIpc) is 3.36. The van der Waals surface area contributed by atoms with Gasteiger partial charge in [-0.1, -0.05) is 133 Å². The van der Waals surface area contributed by atoms with E-state index in [2.05, 4.69) is 89.5 Å². The van der Waals surface area contributed by atoms with Crippen LogP contribution in [0.1, 0.15) is 0 Å². The third-order valence-electron chi connectivity index (χ3n) is 7.51. The summed E-state index contributed by atoms with van der Waals surface area (Å²) in [6.07, 6.45) is 0. The Bertz CT molecular complexity index is 1860. The van der Waals surface area contributed by atoms with Crippen molar-refractivity contribution >= 4 is 44.9 Å². The van der Waals surface area contributed by atoms with Crippen LogP contribution < -0.4 is 15.9 Å². The van der Waals surface area contributed by atoms with Gasteiger partial charge in [0.1, 0.15) is 0 Å². The fourth-order valence-corrected chi connectivity index (χ4v) is 8.24. The molecule has 7 rings (SSSR count). The van der Waals surface area contributed by atoms with Crippen LogP contribution in [0.2, 0.25) is 0 Å². The first-order chi connectivity index (χ1) is 19.2. The van der Waals surface area contributed by atoms with Gasteiger partial charge in [-0.3, -0.25) is 0 Å². The molecule has 0 aliphatic carbocycles. The molecule has 0 aliphatic heterocycles. The van der Waals surface area contributed by atoms with Gasteiger partial charge in [-0.2, -0.15) is 0 Å². The van der Waals surface area contributed by atoms with Crippen LogP contribution in [0.25, 0.3) is 38.6 Å². The molecule has 0 saturated carbocycles. The molecule has 2 nitrogen and oxygen atoms in total. The molecule has 0 amide bonds. The SMILES string of the molecule is O=P(c1ccccc1)(c1ccccc1)c1ccc(-c2ccc(-n3c4ccccc4c4ccccc43)cc2)cc1. The molecule has 3 heteroatoms. The average molecular weight is 520 g/mol. The summed E-state index contributed by atoms with van der Waals surface area (Å²) in [5.41, 5.74) is 5.76. The van der Waals surface area contributed by atoms with Crippen molar-refractivity contribution in [3.05, 3.63) is 158 Å². The normalized spacial score (nSPS) is 11.7. The lowest BCUT2D eigenvalue weighted by molar-refractivity contribution is 0.592. The van der Waals surface area contributed by atoms with Gasteiger partial charge >= 0.3 is 0 Å². The van der Waals surface area contributed by atoms with Gasteiger partial charge in [-0.25, -0.2) is 0 Å². The van der Waals surface area contributed by atoms with Crippen LogP contribution in [0.3, 0.4) is 0 Å². The van der Waals surface area contributed by atoms with E-state index in [1.165, 1.54) is 21.8 Å². The number of aromatic nitrogens is 1. The monoisotopic (exact) mass is 519 g/mol. The Labute approximate surface area is 228 Å². The maximum atomic E-state index is 14.7. The van der Waals surface area contributed by atoms with E-state index < -0.39 is 7.14 Å². The van der Waals surface area contributed by atoms with Gasteiger partial charge in [0.2, 0.25) is 0 Å². The lowest BCUT2D eigenvalue weighted by Gasteiger charge is -2.20. The molecule has 0 radical (unpaired) electrons. The zero-order chi connectivity index (χ0) is 26.2. The molecule has 39 heavy (non-hydrogen) atoms. The molecule has 6 aromatic carbocycles. The van der Waals surface area contributed by atoms with E-state index in [0.29, 0.717) is 0 Å². The lowest BCUT2D eigenvalue weighted by Crippen LogP contribution is -2.24. The van der Waals surface area contributed by atoms with Gasteiger partial charge in [0.25, 0.3) is 0 Å². The third kappa shape index (κ3) is 3.93. The highest BCUT2D eigenvalue weighted by Gasteiger charge is 2.29. The molecule has 0 saturated heterocycles. The van der Waals surface area contributed by atoms with E-state index in [4.69, 9.17) is 0 Å². The number of nitrogens with zero attached hydrogens (tertiary/aromatic N) is 1. The Hall–Kier alpha value is -4.65. The minimum Gasteiger partial charge on any atom is -0.309 e. The van der Waals surface area contributed by atoms with Gasteiger partial charge in [-0.15, -0.1) is 0 Å². The van der Waals surface area contributed by atoms with E-state index in [-0.39, 0.29) is 0 Å².